The number of anilines is 1. The maximum absolute atomic E-state index is 14.1. The summed E-state index contributed by atoms with van der Waals surface area (Å²) in [5, 5.41) is 4.11. The van der Waals surface area contributed by atoms with E-state index >= 15 is 0 Å². The van der Waals surface area contributed by atoms with Crippen LogP contribution in [0.5, 0.6) is 0 Å². The summed E-state index contributed by atoms with van der Waals surface area (Å²) in [5.41, 5.74) is 7.18. The summed E-state index contributed by atoms with van der Waals surface area (Å²) >= 11 is 5.83. The Morgan fingerprint density at radius 3 is 2.44 bits per heavy atom. The number of thiocarbonyl (C=S) groups is 1. The van der Waals surface area contributed by atoms with Gasteiger partial charge in [-0.15, -0.1) is 0 Å². The number of aromatic nitrogens is 2. The highest BCUT2D eigenvalue weighted by Crippen LogP contribution is 2.43. The van der Waals surface area contributed by atoms with Gasteiger partial charge in [0.05, 0.1) is 17.8 Å². The summed E-state index contributed by atoms with van der Waals surface area (Å²) in [6.45, 7) is 6.88. The fourth-order valence-corrected chi connectivity index (χ4v) is 5.21. The van der Waals surface area contributed by atoms with Crippen molar-refractivity contribution in [3.63, 3.8) is 0 Å². The van der Waals surface area contributed by atoms with Crippen LogP contribution in [0.3, 0.4) is 0 Å². The zero-order valence-electron chi connectivity index (χ0n) is 19.5. The Balaban J connectivity index is 1.63. The van der Waals surface area contributed by atoms with Crippen LogP contribution in [0.25, 0.3) is 0 Å². The van der Waals surface area contributed by atoms with E-state index in [9.17, 15) is 4.39 Å². The highest BCUT2D eigenvalue weighted by Gasteiger charge is 2.42. The molecule has 1 aliphatic rings. The lowest BCUT2D eigenvalue weighted by Gasteiger charge is -2.28. The minimum atomic E-state index is -0.222. The number of aryl methyl sites for hydroxylation is 2. The normalized spacial score (nSPS) is 17.8. The van der Waals surface area contributed by atoms with Gasteiger partial charge < -0.3 is 14.8 Å². The smallest absolute Gasteiger partial charge is 0.174 e. The number of nitrogens with zero attached hydrogens (tertiary/aromatic N) is 3. The molecule has 2 aromatic heterocycles. The maximum Gasteiger partial charge on any atom is 0.174 e. The molecule has 5 rings (SSSR count). The molecule has 1 aliphatic heterocycles. The first-order valence-electron chi connectivity index (χ1n) is 11.4. The predicted molar refractivity (Wildman–Crippen MR) is 139 cm³/mol. The maximum atomic E-state index is 14.1. The van der Waals surface area contributed by atoms with Gasteiger partial charge in [-0.3, -0.25) is 4.98 Å². The first kappa shape index (κ1) is 22.3. The number of pyridine rings is 1. The summed E-state index contributed by atoms with van der Waals surface area (Å²) in [6.07, 6.45) is 1.81. The van der Waals surface area contributed by atoms with Gasteiger partial charge in [0.2, 0.25) is 0 Å². The van der Waals surface area contributed by atoms with Gasteiger partial charge in [0.1, 0.15) is 5.82 Å². The predicted octanol–water partition coefficient (Wildman–Crippen LogP) is 6.17. The second kappa shape index (κ2) is 9.03. The molecule has 34 heavy (non-hydrogen) atoms. The molecular weight excluding hydrogens is 443 g/mol. The van der Waals surface area contributed by atoms with Crippen LogP contribution in [0.4, 0.5) is 10.1 Å². The molecule has 1 fully saturated rings. The molecule has 3 heterocycles. The van der Waals surface area contributed by atoms with Crippen molar-refractivity contribution >= 4 is 23.0 Å². The standard InChI is InChI=1S/C28H27FN4S/c1-18-15-22(12-13-24(18)29)33-27(26(31-28(33)34)25-11-7-8-14-30-25)23-16-19(2)32(20(23)3)17-21-9-5-4-6-10-21/h4-16,26-27H,17H2,1-3H3,(H,31,34)/t26-,27-/m0/s1. The molecule has 6 heteroatoms. The Bertz CT molecular complexity index is 1330. The van der Waals surface area contributed by atoms with Crippen LogP contribution in [0.15, 0.2) is 79.0 Å². The van der Waals surface area contributed by atoms with Gasteiger partial charge in [-0.2, -0.15) is 0 Å². The van der Waals surface area contributed by atoms with Gasteiger partial charge in [0.25, 0.3) is 0 Å². The lowest BCUT2D eigenvalue weighted by Crippen LogP contribution is -2.29. The largest absolute Gasteiger partial charge is 0.351 e. The highest BCUT2D eigenvalue weighted by molar-refractivity contribution is 7.80. The van der Waals surface area contributed by atoms with Crippen LogP contribution >= 0.6 is 12.2 Å². The summed E-state index contributed by atoms with van der Waals surface area (Å²) in [4.78, 5) is 6.75. The zero-order chi connectivity index (χ0) is 23.8. The third kappa shape index (κ3) is 3.99. The molecule has 2 atom stereocenters. The van der Waals surface area contributed by atoms with E-state index in [1.54, 1.807) is 19.2 Å². The van der Waals surface area contributed by atoms with Gasteiger partial charge >= 0.3 is 0 Å². The van der Waals surface area contributed by atoms with Gasteiger partial charge in [-0.1, -0.05) is 36.4 Å². The number of hydrogen-bond acceptors (Lipinski definition) is 2. The monoisotopic (exact) mass is 470 g/mol. The summed E-state index contributed by atoms with van der Waals surface area (Å²) in [5.74, 6) is -0.222. The molecule has 4 aromatic rings. The molecule has 172 valence electrons. The fraction of sp³-hybridized carbons (Fsp3) is 0.214. The number of benzene rings is 2. The van der Waals surface area contributed by atoms with Crippen molar-refractivity contribution < 1.29 is 4.39 Å². The van der Waals surface area contributed by atoms with Crippen LogP contribution in [-0.2, 0) is 6.54 Å². The second-order valence-corrected chi connectivity index (χ2v) is 9.22. The van der Waals surface area contributed by atoms with Crippen molar-refractivity contribution in [1.29, 1.82) is 0 Å². The molecule has 4 nitrogen and oxygen atoms in total. The van der Waals surface area contributed by atoms with Crippen molar-refractivity contribution in [1.82, 2.24) is 14.9 Å². The third-order valence-corrected chi connectivity index (χ3v) is 6.95. The van der Waals surface area contributed by atoms with Crippen molar-refractivity contribution in [3.8, 4) is 0 Å². The van der Waals surface area contributed by atoms with E-state index in [1.807, 2.05) is 30.3 Å². The molecule has 0 amide bonds. The summed E-state index contributed by atoms with van der Waals surface area (Å²) < 4.78 is 16.4. The average Bonchev–Trinajstić information content (AvgIpc) is 3.33. The molecule has 0 radical (unpaired) electrons. The van der Waals surface area contributed by atoms with Crippen molar-refractivity contribution in [2.75, 3.05) is 4.90 Å². The second-order valence-electron chi connectivity index (χ2n) is 8.83. The molecule has 0 unspecified atom stereocenters. The zero-order valence-corrected chi connectivity index (χ0v) is 20.3. The number of nitrogens with one attached hydrogen (secondary N) is 1. The third-order valence-electron chi connectivity index (χ3n) is 6.63. The van der Waals surface area contributed by atoms with E-state index in [-0.39, 0.29) is 17.9 Å². The molecule has 1 N–H and O–H groups in total. The SMILES string of the molecule is Cc1cc(N2C(=S)N[C@@H](c3ccccn3)[C@@H]2c2cc(C)n(Cc3ccccc3)c2C)ccc1F. The summed E-state index contributed by atoms with van der Waals surface area (Å²) in [6, 6.07) is 23.6. The van der Waals surface area contributed by atoms with Gasteiger partial charge in [-0.05, 0) is 86.1 Å². The van der Waals surface area contributed by atoms with E-state index in [0.717, 1.165) is 17.9 Å². The number of rotatable bonds is 5. The summed E-state index contributed by atoms with van der Waals surface area (Å²) in [7, 11) is 0. The molecule has 0 saturated carbocycles. The molecule has 0 bridgehead atoms. The van der Waals surface area contributed by atoms with Crippen LogP contribution < -0.4 is 10.2 Å². The number of halogens is 1. The molecule has 0 spiro atoms. The fourth-order valence-electron chi connectivity index (χ4n) is 4.86. The topological polar surface area (TPSA) is 33.1 Å². The lowest BCUT2D eigenvalue weighted by molar-refractivity contribution is 0.563. The first-order valence-corrected chi connectivity index (χ1v) is 11.8. The highest BCUT2D eigenvalue weighted by atomic mass is 32.1. The van der Waals surface area contributed by atoms with Crippen LogP contribution in [0.1, 0.15) is 45.9 Å². The Labute approximate surface area is 205 Å². The van der Waals surface area contributed by atoms with E-state index in [1.165, 1.54) is 28.6 Å². The van der Waals surface area contributed by atoms with E-state index in [4.69, 9.17) is 12.2 Å². The van der Waals surface area contributed by atoms with E-state index in [0.29, 0.717) is 10.7 Å². The first-order chi connectivity index (χ1) is 16.4. The molecular formula is C28H27FN4S. The Kier molecular flexibility index (Phi) is 5.92. The minimum absolute atomic E-state index is 0.122. The quantitative estimate of drug-likeness (QED) is 0.354. The average molecular weight is 471 g/mol. The van der Waals surface area contributed by atoms with Gasteiger partial charge in [-0.25, -0.2) is 4.39 Å². The Morgan fingerprint density at radius 2 is 1.74 bits per heavy atom. The van der Waals surface area contributed by atoms with Crippen LogP contribution in [0.2, 0.25) is 0 Å². The molecule has 0 aliphatic carbocycles. The van der Waals surface area contributed by atoms with E-state index in [2.05, 4.69) is 63.9 Å². The lowest BCUT2D eigenvalue weighted by atomic mass is 9.96. The van der Waals surface area contributed by atoms with Crippen molar-refractivity contribution in [2.45, 2.75) is 39.4 Å². The molecule has 1 saturated heterocycles. The number of hydrogen-bond donors (Lipinski definition) is 1. The van der Waals surface area contributed by atoms with Crippen LogP contribution in [0, 0.1) is 26.6 Å². The van der Waals surface area contributed by atoms with Crippen molar-refractivity contribution in [2.24, 2.45) is 0 Å². The Morgan fingerprint density at radius 1 is 0.971 bits per heavy atom. The van der Waals surface area contributed by atoms with Gasteiger partial charge in [0, 0.05) is 29.8 Å². The van der Waals surface area contributed by atoms with Crippen molar-refractivity contribution in [3.05, 3.63) is 119 Å². The molecule has 2 aromatic carbocycles. The van der Waals surface area contributed by atoms with Gasteiger partial charge in [0.15, 0.2) is 5.11 Å². The van der Waals surface area contributed by atoms with Crippen LogP contribution in [-0.4, -0.2) is 14.7 Å². The minimum Gasteiger partial charge on any atom is -0.351 e. The Hall–Kier alpha value is -3.51. The van der Waals surface area contributed by atoms with E-state index < -0.39 is 0 Å².